The molecule has 0 fully saturated rings. The number of ether oxygens (including phenoxy) is 1. The molecule has 0 saturated carbocycles. The van der Waals surface area contributed by atoms with Gasteiger partial charge in [0.2, 0.25) is 0 Å². The van der Waals surface area contributed by atoms with E-state index in [9.17, 15) is 10.1 Å². The molecule has 0 N–H and O–H groups in total. The Labute approximate surface area is 128 Å². The zero-order valence-electron chi connectivity index (χ0n) is 12.1. The standard InChI is InChI=1S/C14H21BrN2O3/c1-4-11(2)16(8-9-20-3)10-12-6-5-7-13(14(12)15)17(18)19/h5-7,11H,4,8-10H2,1-3H3. The van der Waals surface area contributed by atoms with Gasteiger partial charge in [-0.05, 0) is 34.8 Å². The summed E-state index contributed by atoms with van der Waals surface area (Å²) in [6, 6.07) is 5.55. The summed E-state index contributed by atoms with van der Waals surface area (Å²) >= 11 is 3.35. The van der Waals surface area contributed by atoms with Crippen LogP contribution in [0.4, 0.5) is 5.69 Å². The molecule has 0 radical (unpaired) electrons. The number of nitro groups is 1. The maximum absolute atomic E-state index is 11.0. The molecular weight excluding hydrogens is 324 g/mol. The first-order valence-corrected chi connectivity index (χ1v) is 7.45. The quantitative estimate of drug-likeness (QED) is 0.534. The van der Waals surface area contributed by atoms with Crippen LogP contribution in [-0.4, -0.2) is 36.1 Å². The molecule has 112 valence electrons. The van der Waals surface area contributed by atoms with Gasteiger partial charge in [0.25, 0.3) is 5.69 Å². The van der Waals surface area contributed by atoms with Gasteiger partial charge >= 0.3 is 0 Å². The van der Waals surface area contributed by atoms with E-state index in [2.05, 4.69) is 34.7 Å². The number of hydrogen-bond donors (Lipinski definition) is 0. The topological polar surface area (TPSA) is 55.6 Å². The minimum absolute atomic E-state index is 0.110. The molecule has 0 spiro atoms. The van der Waals surface area contributed by atoms with Gasteiger partial charge in [0.05, 0.1) is 16.0 Å². The molecule has 0 bridgehead atoms. The lowest BCUT2D eigenvalue weighted by Gasteiger charge is -2.28. The third-order valence-corrected chi connectivity index (χ3v) is 4.34. The second-order valence-corrected chi connectivity index (χ2v) is 5.52. The van der Waals surface area contributed by atoms with Gasteiger partial charge < -0.3 is 4.74 Å². The molecule has 1 atom stereocenters. The smallest absolute Gasteiger partial charge is 0.283 e. The minimum Gasteiger partial charge on any atom is -0.383 e. The molecule has 0 aliphatic rings. The van der Waals surface area contributed by atoms with E-state index in [1.54, 1.807) is 13.2 Å². The molecular formula is C14H21BrN2O3. The molecule has 5 nitrogen and oxygen atoms in total. The summed E-state index contributed by atoms with van der Waals surface area (Å²) < 4.78 is 5.70. The lowest BCUT2D eigenvalue weighted by atomic mass is 10.1. The van der Waals surface area contributed by atoms with Gasteiger partial charge in [-0.2, -0.15) is 0 Å². The lowest BCUT2D eigenvalue weighted by molar-refractivity contribution is -0.385. The molecule has 0 aliphatic heterocycles. The Bertz CT molecular complexity index is 454. The SMILES string of the molecule is CCC(C)N(CCOC)Cc1cccc([N+](=O)[O-])c1Br. The molecule has 0 heterocycles. The number of halogens is 1. The van der Waals surface area contributed by atoms with E-state index in [4.69, 9.17) is 4.74 Å². The number of nitro benzene ring substituents is 1. The van der Waals surface area contributed by atoms with Crippen LogP contribution in [0.2, 0.25) is 0 Å². The number of methoxy groups -OCH3 is 1. The van der Waals surface area contributed by atoms with Crippen molar-refractivity contribution in [2.75, 3.05) is 20.3 Å². The lowest BCUT2D eigenvalue weighted by Crippen LogP contribution is -2.35. The highest BCUT2D eigenvalue weighted by Crippen LogP contribution is 2.29. The fourth-order valence-electron chi connectivity index (χ4n) is 1.97. The summed E-state index contributed by atoms with van der Waals surface area (Å²) in [4.78, 5) is 12.9. The molecule has 6 heteroatoms. The molecule has 1 rings (SSSR count). The molecule has 1 unspecified atom stereocenters. The van der Waals surface area contributed by atoms with Gasteiger partial charge in [-0.15, -0.1) is 0 Å². The summed E-state index contributed by atoms with van der Waals surface area (Å²) in [6.07, 6.45) is 1.02. The predicted molar refractivity (Wildman–Crippen MR) is 82.8 cm³/mol. The van der Waals surface area contributed by atoms with Crippen molar-refractivity contribution in [3.8, 4) is 0 Å². The zero-order valence-corrected chi connectivity index (χ0v) is 13.7. The van der Waals surface area contributed by atoms with E-state index in [0.29, 0.717) is 23.7 Å². The van der Waals surface area contributed by atoms with Gasteiger partial charge in [-0.3, -0.25) is 15.0 Å². The van der Waals surface area contributed by atoms with Crippen molar-refractivity contribution in [2.45, 2.75) is 32.9 Å². The summed E-state index contributed by atoms with van der Waals surface area (Å²) in [5.74, 6) is 0. The van der Waals surface area contributed by atoms with Crippen LogP contribution in [0.3, 0.4) is 0 Å². The zero-order chi connectivity index (χ0) is 15.1. The number of nitrogens with zero attached hydrogens (tertiary/aromatic N) is 2. The number of rotatable bonds is 8. The first kappa shape index (κ1) is 17.1. The van der Waals surface area contributed by atoms with E-state index in [1.165, 1.54) is 6.07 Å². The van der Waals surface area contributed by atoms with Gasteiger partial charge in [-0.1, -0.05) is 19.1 Å². The van der Waals surface area contributed by atoms with Crippen LogP contribution in [0.5, 0.6) is 0 Å². The van der Waals surface area contributed by atoms with Crippen LogP contribution < -0.4 is 0 Å². The largest absolute Gasteiger partial charge is 0.383 e. The normalized spacial score (nSPS) is 12.7. The van der Waals surface area contributed by atoms with Crippen molar-refractivity contribution in [3.05, 3.63) is 38.3 Å². The van der Waals surface area contributed by atoms with Crippen LogP contribution in [0.25, 0.3) is 0 Å². The average Bonchev–Trinajstić information content (AvgIpc) is 2.43. The molecule has 20 heavy (non-hydrogen) atoms. The van der Waals surface area contributed by atoms with Crippen molar-refractivity contribution < 1.29 is 9.66 Å². The Balaban J connectivity index is 2.93. The van der Waals surface area contributed by atoms with Gasteiger partial charge in [0.15, 0.2) is 0 Å². The number of hydrogen-bond acceptors (Lipinski definition) is 4. The highest BCUT2D eigenvalue weighted by molar-refractivity contribution is 9.10. The minimum atomic E-state index is -0.365. The van der Waals surface area contributed by atoms with Crippen LogP contribution in [-0.2, 0) is 11.3 Å². The molecule has 0 aliphatic carbocycles. The van der Waals surface area contributed by atoms with Crippen LogP contribution in [0, 0.1) is 10.1 Å². The summed E-state index contributed by atoms with van der Waals surface area (Å²) in [5, 5.41) is 11.0. The van der Waals surface area contributed by atoms with E-state index in [-0.39, 0.29) is 10.6 Å². The van der Waals surface area contributed by atoms with Crippen molar-refractivity contribution in [1.82, 2.24) is 4.90 Å². The number of benzene rings is 1. The van der Waals surface area contributed by atoms with Crippen molar-refractivity contribution in [2.24, 2.45) is 0 Å². The van der Waals surface area contributed by atoms with E-state index in [0.717, 1.165) is 18.5 Å². The molecule has 1 aromatic rings. The van der Waals surface area contributed by atoms with Crippen molar-refractivity contribution in [3.63, 3.8) is 0 Å². The highest BCUT2D eigenvalue weighted by atomic mass is 79.9. The Kier molecular flexibility index (Phi) is 7.12. The first-order valence-electron chi connectivity index (χ1n) is 6.66. The van der Waals surface area contributed by atoms with E-state index >= 15 is 0 Å². The van der Waals surface area contributed by atoms with E-state index in [1.807, 2.05) is 6.07 Å². The molecule has 0 aromatic heterocycles. The highest BCUT2D eigenvalue weighted by Gasteiger charge is 2.18. The molecule has 0 amide bonds. The fourth-order valence-corrected chi connectivity index (χ4v) is 2.50. The summed E-state index contributed by atoms with van der Waals surface area (Å²) in [5.41, 5.74) is 1.04. The first-order chi connectivity index (χ1) is 9.51. The van der Waals surface area contributed by atoms with Gasteiger partial charge in [0.1, 0.15) is 0 Å². The second-order valence-electron chi connectivity index (χ2n) is 4.73. The maximum atomic E-state index is 11.0. The third-order valence-electron chi connectivity index (χ3n) is 3.43. The Hall–Kier alpha value is -0.980. The van der Waals surface area contributed by atoms with Gasteiger partial charge in [0, 0.05) is 32.3 Å². The maximum Gasteiger partial charge on any atom is 0.283 e. The Morgan fingerprint density at radius 3 is 2.75 bits per heavy atom. The fraction of sp³-hybridized carbons (Fsp3) is 0.571. The van der Waals surface area contributed by atoms with Crippen LogP contribution in [0.1, 0.15) is 25.8 Å². The van der Waals surface area contributed by atoms with Crippen LogP contribution >= 0.6 is 15.9 Å². The van der Waals surface area contributed by atoms with E-state index < -0.39 is 0 Å². The third kappa shape index (κ3) is 4.54. The van der Waals surface area contributed by atoms with Crippen molar-refractivity contribution in [1.29, 1.82) is 0 Å². The summed E-state index contributed by atoms with van der Waals surface area (Å²) in [7, 11) is 1.68. The summed E-state index contributed by atoms with van der Waals surface area (Å²) in [6.45, 7) is 6.41. The monoisotopic (exact) mass is 344 g/mol. The Morgan fingerprint density at radius 2 is 2.20 bits per heavy atom. The predicted octanol–water partition coefficient (Wildman–Crippen LogP) is 3.60. The second kappa shape index (κ2) is 8.34. The van der Waals surface area contributed by atoms with Gasteiger partial charge in [-0.25, -0.2) is 0 Å². The average molecular weight is 345 g/mol. The van der Waals surface area contributed by atoms with Crippen molar-refractivity contribution >= 4 is 21.6 Å². The molecule has 0 saturated heterocycles. The Morgan fingerprint density at radius 1 is 1.50 bits per heavy atom. The van der Waals surface area contributed by atoms with Crippen LogP contribution in [0.15, 0.2) is 22.7 Å². The molecule has 1 aromatic carbocycles.